The van der Waals surface area contributed by atoms with Crippen molar-refractivity contribution in [3.8, 4) is 0 Å². The van der Waals surface area contributed by atoms with Crippen LogP contribution in [-0.4, -0.2) is 16.0 Å². The van der Waals surface area contributed by atoms with Crippen LogP contribution in [0, 0.1) is 0 Å². The van der Waals surface area contributed by atoms with Gasteiger partial charge in [0.15, 0.2) is 4.34 Å². The number of halogens is 2. The summed E-state index contributed by atoms with van der Waals surface area (Å²) in [6, 6.07) is 0. The number of aromatic nitrogens is 2. The van der Waals surface area contributed by atoms with Crippen LogP contribution in [0.15, 0.2) is 16.5 Å². The third-order valence-electron chi connectivity index (χ3n) is 1.39. The average Bonchev–Trinajstić information content (AvgIpc) is 2.60. The van der Waals surface area contributed by atoms with Gasteiger partial charge in [-0.3, -0.25) is 0 Å². The van der Waals surface area contributed by atoms with Crippen molar-refractivity contribution in [2.75, 3.05) is 5.75 Å². The number of hydrogen-bond acceptors (Lipinski definition) is 4. The maximum Gasteiger partial charge on any atom is 0.266 e. The first kappa shape index (κ1) is 11.6. The SMILES string of the molecule is CCc1nnc(SCCC=C(F)F)s1. The molecule has 14 heavy (non-hydrogen) atoms. The van der Waals surface area contributed by atoms with Gasteiger partial charge in [-0.1, -0.05) is 30.0 Å². The first-order valence-electron chi connectivity index (χ1n) is 4.18. The van der Waals surface area contributed by atoms with Crippen molar-refractivity contribution in [1.82, 2.24) is 10.2 Å². The molecule has 0 radical (unpaired) electrons. The molecule has 2 nitrogen and oxygen atoms in total. The quantitative estimate of drug-likeness (QED) is 0.579. The summed E-state index contributed by atoms with van der Waals surface area (Å²) in [6.07, 6.45) is 0.553. The number of nitrogens with zero attached hydrogens (tertiary/aromatic N) is 2. The van der Waals surface area contributed by atoms with Crippen molar-refractivity contribution in [3.05, 3.63) is 17.2 Å². The van der Waals surface area contributed by atoms with Crippen LogP contribution in [0.25, 0.3) is 0 Å². The molecule has 0 aliphatic heterocycles. The van der Waals surface area contributed by atoms with Gasteiger partial charge in [-0.05, 0) is 18.9 Å². The van der Waals surface area contributed by atoms with Crippen molar-refractivity contribution in [2.24, 2.45) is 0 Å². The van der Waals surface area contributed by atoms with E-state index < -0.39 is 6.08 Å². The second kappa shape index (κ2) is 6.08. The van der Waals surface area contributed by atoms with Gasteiger partial charge in [-0.25, -0.2) is 0 Å². The molecule has 0 saturated heterocycles. The number of rotatable bonds is 5. The minimum absolute atomic E-state index is 0.369. The summed E-state index contributed by atoms with van der Waals surface area (Å²) < 4.78 is 24.1. The number of thioether (sulfide) groups is 1. The molecule has 1 aromatic heterocycles. The summed E-state index contributed by atoms with van der Waals surface area (Å²) in [6.45, 7) is 2.01. The lowest BCUT2D eigenvalue weighted by atomic mass is 10.5. The molecule has 0 aliphatic carbocycles. The van der Waals surface area contributed by atoms with E-state index in [1.54, 1.807) is 0 Å². The monoisotopic (exact) mass is 236 g/mol. The Morgan fingerprint density at radius 1 is 1.50 bits per heavy atom. The first-order chi connectivity index (χ1) is 6.72. The molecular weight excluding hydrogens is 226 g/mol. The summed E-state index contributed by atoms with van der Waals surface area (Å²) in [5, 5.41) is 8.85. The highest BCUT2D eigenvalue weighted by atomic mass is 32.2. The Morgan fingerprint density at radius 3 is 2.86 bits per heavy atom. The van der Waals surface area contributed by atoms with Crippen LogP contribution in [-0.2, 0) is 6.42 Å². The summed E-state index contributed by atoms with van der Waals surface area (Å²) in [7, 11) is 0. The maximum absolute atomic E-state index is 11.6. The minimum atomic E-state index is -1.61. The van der Waals surface area contributed by atoms with Crippen LogP contribution < -0.4 is 0 Å². The highest BCUT2D eigenvalue weighted by molar-refractivity contribution is 8.01. The highest BCUT2D eigenvalue weighted by Gasteiger charge is 2.01. The molecule has 0 unspecified atom stereocenters. The van der Waals surface area contributed by atoms with Crippen LogP contribution in [0.5, 0.6) is 0 Å². The summed E-state index contributed by atoms with van der Waals surface area (Å²) in [5.41, 5.74) is 0. The van der Waals surface area contributed by atoms with Crippen molar-refractivity contribution in [2.45, 2.75) is 24.1 Å². The fourth-order valence-electron chi connectivity index (χ4n) is 0.754. The van der Waals surface area contributed by atoms with E-state index in [-0.39, 0.29) is 0 Å². The predicted octanol–water partition coefficient (Wildman–Crippen LogP) is 3.36. The highest BCUT2D eigenvalue weighted by Crippen LogP contribution is 2.23. The fraction of sp³-hybridized carbons (Fsp3) is 0.500. The summed E-state index contributed by atoms with van der Waals surface area (Å²) in [5.74, 6) is 0.621. The van der Waals surface area contributed by atoms with E-state index in [4.69, 9.17) is 0 Å². The Bertz CT molecular complexity index is 308. The minimum Gasteiger partial charge on any atom is -0.174 e. The van der Waals surface area contributed by atoms with Crippen LogP contribution >= 0.6 is 23.1 Å². The smallest absolute Gasteiger partial charge is 0.174 e. The molecule has 78 valence electrons. The Balaban J connectivity index is 2.28. The first-order valence-corrected chi connectivity index (χ1v) is 5.99. The number of aryl methyl sites for hydroxylation is 1. The summed E-state index contributed by atoms with van der Waals surface area (Å²) >= 11 is 2.99. The van der Waals surface area contributed by atoms with E-state index >= 15 is 0 Å². The molecule has 6 heteroatoms. The van der Waals surface area contributed by atoms with E-state index in [2.05, 4.69) is 10.2 Å². The van der Waals surface area contributed by atoms with Gasteiger partial charge in [-0.2, -0.15) is 8.78 Å². The van der Waals surface area contributed by atoms with Gasteiger partial charge in [0.1, 0.15) is 5.01 Å². The van der Waals surface area contributed by atoms with Gasteiger partial charge in [0, 0.05) is 5.75 Å². The third kappa shape index (κ3) is 4.15. The molecule has 0 N–H and O–H groups in total. The molecule has 0 spiro atoms. The maximum atomic E-state index is 11.6. The zero-order valence-corrected chi connectivity index (χ0v) is 9.30. The Hall–Kier alpha value is -0.490. The average molecular weight is 236 g/mol. The number of hydrogen-bond donors (Lipinski definition) is 0. The van der Waals surface area contributed by atoms with Gasteiger partial charge < -0.3 is 0 Å². The molecule has 1 rings (SSSR count). The molecule has 0 fully saturated rings. The van der Waals surface area contributed by atoms with E-state index in [0.29, 0.717) is 12.2 Å². The Labute approximate surface area is 89.4 Å². The molecule has 0 atom stereocenters. The van der Waals surface area contributed by atoms with Crippen LogP contribution in [0.1, 0.15) is 18.4 Å². The predicted molar refractivity (Wildman–Crippen MR) is 54.9 cm³/mol. The Kier molecular flexibility index (Phi) is 5.03. The molecule has 0 amide bonds. The van der Waals surface area contributed by atoms with Gasteiger partial charge in [0.2, 0.25) is 0 Å². The molecule has 1 aromatic rings. The Morgan fingerprint density at radius 2 is 2.29 bits per heavy atom. The summed E-state index contributed by atoms with van der Waals surface area (Å²) in [4.78, 5) is 0. The van der Waals surface area contributed by atoms with Gasteiger partial charge in [0.25, 0.3) is 6.08 Å². The van der Waals surface area contributed by atoms with Crippen molar-refractivity contribution in [3.63, 3.8) is 0 Å². The van der Waals surface area contributed by atoms with E-state index in [9.17, 15) is 8.78 Å². The second-order valence-corrected chi connectivity index (χ2v) is 4.85. The van der Waals surface area contributed by atoms with Crippen LogP contribution in [0.4, 0.5) is 8.78 Å². The fourth-order valence-corrected chi connectivity index (χ4v) is 2.55. The van der Waals surface area contributed by atoms with Crippen molar-refractivity contribution < 1.29 is 8.78 Å². The molecule has 0 aromatic carbocycles. The zero-order valence-electron chi connectivity index (χ0n) is 7.67. The zero-order chi connectivity index (χ0) is 10.4. The molecular formula is C8H10F2N2S2. The molecule has 1 heterocycles. The topological polar surface area (TPSA) is 25.8 Å². The lowest BCUT2D eigenvalue weighted by Crippen LogP contribution is -1.77. The van der Waals surface area contributed by atoms with E-state index in [0.717, 1.165) is 21.8 Å². The largest absolute Gasteiger partial charge is 0.266 e. The van der Waals surface area contributed by atoms with Crippen molar-refractivity contribution >= 4 is 23.1 Å². The van der Waals surface area contributed by atoms with Crippen LogP contribution in [0.3, 0.4) is 0 Å². The molecule has 0 saturated carbocycles. The van der Waals surface area contributed by atoms with Gasteiger partial charge >= 0.3 is 0 Å². The number of allylic oxidation sites excluding steroid dienone is 1. The van der Waals surface area contributed by atoms with Gasteiger partial charge in [-0.15, -0.1) is 10.2 Å². The molecule has 0 aliphatic rings. The normalized spacial score (nSPS) is 10.2. The lowest BCUT2D eigenvalue weighted by molar-refractivity contribution is 0.418. The second-order valence-electron chi connectivity index (χ2n) is 2.45. The molecule has 0 bridgehead atoms. The third-order valence-corrected chi connectivity index (χ3v) is 3.63. The van der Waals surface area contributed by atoms with Crippen molar-refractivity contribution in [1.29, 1.82) is 0 Å². The standard InChI is InChI=1S/C8H10F2N2S2/c1-2-7-11-12-8(14-7)13-5-3-4-6(9)10/h4H,2-3,5H2,1H3. The van der Waals surface area contributed by atoms with E-state index in [1.807, 2.05) is 6.92 Å². The van der Waals surface area contributed by atoms with E-state index in [1.165, 1.54) is 23.1 Å². The lowest BCUT2D eigenvalue weighted by Gasteiger charge is -1.90. The van der Waals surface area contributed by atoms with Gasteiger partial charge in [0.05, 0.1) is 0 Å². The van der Waals surface area contributed by atoms with Crippen LogP contribution in [0.2, 0.25) is 0 Å².